The zero-order valence-electron chi connectivity index (χ0n) is 20.8. The smallest absolute Gasteiger partial charge is 0.303 e. The number of carboxylic acids is 1. The fourth-order valence-corrected chi connectivity index (χ4v) is 4.48. The van der Waals surface area contributed by atoms with Gasteiger partial charge in [-0.3, -0.25) is 4.79 Å². The highest BCUT2D eigenvalue weighted by molar-refractivity contribution is 5.66. The van der Waals surface area contributed by atoms with Crippen LogP contribution in [-0.4, -0.2) is 26.1 Å². The lowest BCUT2D eigenvalue weighted by Gasteiger charge is -2.07. The molecule has 0 saturated carbocycles. The van der Waals surface area contributed by atoms with Crippen molar-refractivity contribution in [2.45, 2.75) is 122 Å². The molecule has 2 aromatic rings. The molecule has 1 N–H and O–H groups in total. The van der Waals surface area contributed by atoms with Crippen molar-refractivity contribution in [1.29, 1.82) is 0 Å². The van der Waals surface area contributed by atoms with Crippen LogP contribution in [0.5, 0.6) is 0 Å². The first-order valence-corrected chi connectivity index (χ1v) is 13.4. The van der Waals surface area contributed by atoms with E-state index in [0.717, 1.165) is 30.6 Å². The molecule has 0 saturated heterocycles. The Hall–Kier alpha value is -2.17. The van der Waals surface area contributed by atoms with Crippen molar-refractivity contribution in [2.75, 3.05) is 0 Å². The molecule has 1 heterocycles. The third kappa shape index (κ3) is 12.0. The highest BCUT2D eigenvalue weighted by Crippen LogP contribution is 2.17. The Kier molecular flexibility index (Phi) is 14.2. The second kappa shape index (κ2) is 17.3. The Morgan fingerprint density at radius 2 is 1.18 bits per heavy atom. The maximum Gasteiger partial charge on any atom is 0.303 e. The normalized spacial score (nSPS) is 11.2. The van der Waals surface area contributed by atoms with Crippen molar-refractivity contribution in [2.24, 2.45) is 0 Å². The van der Waals surface area contributed by atoms with Gasteiger partial charge in [-0.2, -0.15) is 0 Å². The van der Waals surface area contributed by atoms with Crippen molar-refractivity contribution >= 4 is 5.97 Å². The third-order valence-corrected chi connectivity index (χ3v) is 6.51. The highest BCUT2D eigenvalue weighted by atomic mass is 16.4. The number of hydrogen-bond donors (Lipinski definition) is 1. The van der Waals surface area contributed by atoms with Crippen LogP contribution in [0.2, 0.25) is 0 Å². The van der Waals surface area contributed by atoms with Crippen LogP contribution in [0.15, 0.2) is 30.3 Å². The van der Waals surface area contributed by atoms with Crippen LogP contribution < -0.4 is 0 Å². The van der Waals surface area contributed by atoms with Gasteiger partial charge in [-0.25, -0.2) is 4.68 Å². The van der Waals surface area contributed by atoms with Crippen LogP contribution in [0.4, 0.5) is 0 Å². The Morgan fingerprint density at radius 3 is 1.67 bits per heavy atom. The molecular formula is C28H45N3O2. The van der Waals surface area contributed by atoms with E-state index in [1.165, 1.54) is 95.6 Å². The number of nitrogens with zero attached hydrogens (tertiary/aromatic N) is 3. The summed E-state index contributed by atoms with van der Waals surface area (Å²) in [6, 6.07) is 10.3. The fourth-order valence-electron chi connectivity index (χ4n) is 4.48. The molecule has 0 unspecified atom stereocenters. The monoisotopic (exact) mass is 455 g/mol. The molecule has 0 aliphatic heterocycles. The lowest BCUT2D eigenvalue weighted by Crippen LogP contribution is -2.03. The average Bonchev–Trinajstić information content (AvgIpc) is 3.19. The first-order valence-electron chi connectivity index (χ1n) is 13.4. The lowest BCUT2D eigenvalue weighted by molar-refractivity contribution is -0.137. The number of aliphatic carboxylic acids is 1. The summed E-state index contributed by atoms with van der Waals surface area (Å²) in [5.41, 5.74) is 3.40. The summed E-state index contributed by atoms with van der Waals surface area (Å²) in [5, 5.41) is 17.2. The van der Waals surface area contributed by atoms with Crippen molar-refractivity contribution in [1.82, 2.24) is 15.0 Å². The van der Waals surface area contributed by atoms with Crippen molar-refractivity contribution in [3.8, 4) is 5.69 Å². The minimum absolute atomic E-state index is 0.332. The number of carboxylic acid groups (broad SMARTS) is 1. The first kappa shape index (κ1) is 27.1. The van der Waals surface area contributed by atoms with Crippen LogP contribution in [-0.2, 0) is 11.2 Å². The number of rotatable bonds is 20. The van der Waals surface area contributed by atoms with Gasteiger partial charge in [0.05, 0.1) is 17.1 Å². The molecule has 0 aliphatic carbocycles. The van der Waals surface area contributed by atoms with Crippen LogP contribution in [0.1, 0.15) is 121 Å². The van der Waals surface area contributed by atoms with Crippen LogP contribution in [0.25, 0.3) is 5.69 Å². The predicted octanol–water partition coefficient (Wildman–Crippen LogP) is 7.83. The van der Waals surface area contributed by atoms with Crippen molar-refractivity contribution in [3.05, 3.63) is 41.7 Å². The second-order valence-electron chi connectivity index (χ2n) is 9.42. The molecule has 0 bridgehead atoms. The van der Waals surface area contributed by atoms with Gasteiger partial charge in [0.1, 0.15) is 0 Å². The van der Waals surface area contributed by atoms with Gasteiger partial charge >= 0.3 is 5.97 Å². The van der Waals surface area contributed by atoms with E-state index in [0.29, 0.717) is 6.42 Å². The van der Waals surface area contributed by atoms with Crippen molar-refractivity contribution < 1.29 is 9.90 Å². The zero-order chi connectivity index (χ0) is 23.6. The quantitative estimate of drug-likeness (QED) is 0.206. The number of benzene rings is 1. The number of hydrogen-bond acceptors (Lipinski definition) is 3. The molecular weight excluding hydrogens is 410 g/mol. The highest BCUT2D eigenvalue weighted by Gasteiger charge is 2.10. The van der Waals surface area contributed by atoms with E-state index in [1.807, 2.05) is 22.9 Å². The van der Waals surface area contributed by atoms with Gasteiger partial charge in [-0.05, 0) is 38.3 Å². The third-order valence-electron chi connectivity index (χ3n) is 6.51. The average molecular weight is 456 g/mol. The molecule has 0 spiro atoms. The van der Waals surface area contributed by atoms with E-state index >= 15 is 0 Å². The van der Waals surface area contributed by atoms with Gasteiger partial charge in [0.2, 0.25) is 0 Å². The molecule has 2 rings (SSSR count). The van der Waals surface area contributed by atoms with Crippen molar-refractivity contribution in [3.63, 3.8) is 0 Å². The Balaban J connectivity index is 1.37. The number of unbranched alkanes of at least 4 members (excludes halogenated alkanes) is 15. The number of carbonyl (C=O) groups is 1. The summed E-state index contributed by atoms with van der Waals surface area (Å²) in [6.45, 7) is 2.06. The Morgan fingerprint density at radius 1 is 0.727 bits per heavy atom. The molecule has 0 aliphatic rings. The van der Waals surface area contributed by atoms with E-state index in [-0.39, 0.29) is 0 Å². The number of para-hydroxylation sites is 1. The molecule has 184 valence electrons. The van der Waals surface area contributed by atoms with E-state index in [2.05, 4.69) is 29.4 Å². The number of aryl methyl sites for hydroxylation is 1. The minimum atomic E-state index is -0.661. The van der Waals surface area contributed by atoms with E-state index in [4.69, 9.17) is 5.11 Å². The van der Waals surface area contributed by atoms with Gasteiger partial charge in [-0.15, -0.1) is 5.10 Å². The molecule has 0 amide bonds. The molecule has 5 heteroatoms. The minimum Gasteiger partial charge on any atom is -0.481 e. The van der Waals surface area contributed by atoms with Crippen LogP contribution >= 0.6 is 0 Å². The molecule has 5 nitrogen and oxygen atoms in total. The summed E-state index contributed by atoms with van der Waals surface area (Å²) in [6.07, 6.45) is 21.9. The fraction of sp³-hybridized carbons (Fsp3) is 0.679. The molecule has 0 radical (unpaired) electrons. The lowest BCUT2D eigenvalue weighted by atomic mass is 10.0. The molecule has 0 atom stereocenters. The first-order chi connectivity index (χ1) is 16.2. The molecule has 33 heavy (non-hydrogen) atoms. The van der Waals surface area contributed by atoms with Gasteiger partial charge < -0.3 is 5.11 Å². The molecule has 1 aromatic heterocycles. The van der Waals surface area contributed by atoms with E-state index < -0.39 is 5.97 Å². The SMILES string of the molecule is Cc1nnn(-c2ccccc2)c1CCCCCCCCCCCCCCCCCCC(=O)O. The summed E-state index contributed by atoms with van der Waals surface area (Å²) < 4.78 is 2.00. The predicted molar refractivity (Wildman–Crippen MR) is 136 cm³/mol. The Bertz CT molecular complexity index is 758. The summed E-state index contributed by atoms with van der Waals surface area (Å²) in [7, 11) is 0. The topological polar surface area (TPSA) is 68.0 Å². The second-order valence-corrected chi connectivity index (χ2v) is 9.42. The van der Waals surface area contributed by atoms with Gasteiger partial charge in [0.25, 0.3) is 0 Å². The van der Waals surface area contributed by atoms with E-state index in [1.54, 1.807) is 0 Å². The van der Waals surface area contributed by atoms with Gasteiger partial charge in [0.15, 0.2) is 0 Å². The summed E-state index contributed by atoms with van der Waals surface area (Å²) in [5.74, 6) is -0.661. The van der Waals surface area contributed by atoms with Crippen LogP contribution in [0.3, 0.4) is 0 Å². The standard InChI is InChI=1S/C28H45N3O2/c1-25-27(31(30-29-25)26-21-17-16-18-22-26)23-19-14-12-10-8-6-4-2-3-5-7-9-11-13-15-20-24-28(32)33/h16-18,21-22H,2-15,19-20,23-24H2,1H3,(H,32,33). The van der Waals surface area contributed by atoms with Gasteiger partial charge in [-0.1, -0.05) is 113 Å². The Labute approximate surface area is 201 Å². The zero-order valence-corrected chi connectivity index (χ0v) is 20.8. The summed E-state index contributed by atoms with van der Waals surface area (Å²) >= 11 is 0. The largest absolute Gasteiger partial charge is 0.481 e. The van der Waals surface area contributed by atoms with Crippen LogP contribution in [0, 0.1) is 6.92 Å². The molecule has 1 aromatic carbocycles. The van der Waals surface area contributed by atoms with Gasteiger partial charge in [0, 0.05) is 6.42 Å². The molecule has 0 fully saturated rings. The summed E-state index contributed by atoms with van der Waals surface area (Å²) in [4.78, 5) is 10.5. The maximum atomic E-state index is 10.5. The number of aromatic nitrogens is 3. The maximum absolute atomic E-state index is 10.5. The van der Waals surface area contributed by atoms with E-state index in [9.17, 15) is 4.79 Å².